The van der Waals surface area contributed by atoms with E-state index in [1.807, 2.05) is 0 Å². The number of rotatable bonds is 4. The second kappa shape index (κ2) is 5.30. The van der Waals surface area contributed by atoms with E-state index in [9.17, 15) is 9.59 Å². The van der Waals surface area contributed by atoms with Crippen LogP contribution in [0.2, 0.25) is 0 Å². The maximum absolute atomic E-state index is 11.5. The zero-order valence-corrected chi connectivity index (χ0v) is 10.2. The number of amides is 3. The summed E-state index contributed by atoms with van der Waals surface area (Å²) in [5.74, 6) is -0.290. The molecule has 1 aliphatic rings. The average Bonchev–Trinajstić information content (AvgIpc) is 2.22. The van der Waals surface area contributed by atoms with Crippen molar-refractivity contribution in [1.82, 2.24) is 16.0 Å². The van der Waals surface area contributed by atoms with Gasteiger partial charge in [-0.05, 0) is 25.2 Å². The van der Waals surface area contributed by atoms with Gasteiger partial charge in [0.05, 0.1) is 6.04 Å². The standard InChI is InChI=1S/C11H21N3O2/c1-8(9(15)14-10(16)12-3)13-7-11(2)5-4-6-11/h8,13H,4-7H2,1-3H3,(H2,12,14,15,16). The Morgan fingerprint density at radius 1 is 1.38 bits per heavy atom. The Morgan fingerprint density at radius 3 is 2.44 bits per heavy atom. The molecule has 16 heavy (non-hydrogen) atoms. The van der Waals surface area contributed by atoms with Crippen LogP contribution in [0.15, 0.2) is 0 Å². The van der Waals surface area contributed by atoms with Crippen LogP contribution in [-0.2, 0) is 4.79 Å². The van der Waals surface area contributed by atoms with Crippen molar-refractivity contribution >= 4 is 11.9 Å². The first-order valence-corrected chi connectivity index (χ1v) is 5.73. The molecule has 92 valence electrons. The van der Waals surface area contributed by atoms with E-state index in [0.717, 1.165) is 6.54 Å². The summed E-state index contributed by atoms with van der Waals surface area (Å²) in [6, 6.07) is -0.803. The van der Waals surface area contributed by atoms with Gasteiger partial charge in [-0.1, -0.05) is 13.3 Å². The minimum atomic E-state index is -0.464. The summed E-state index contributed by atoms with van der Waals surface area (Å²) in [7, 11) is 1.48. The van der Waals surface area contributed by atoms with Crippen molar-refractivity contribution in [1.29, 1.82) is 0 Å². The Balaban J connectivity index is 2.25. The molecular formula is C11H21N3O2. The molecule has 0 spiro atoms. The van der Waals surface area contributed by atoms with Crippen molar-refractivity contribution in [3.05, 3.63) is 0 Å². The fraction of sp³-hybridized carbons (Fsp3) is 0.818. The van der Waals surface area contributed by atoms with Gasteiger partial charge in [0.1, 0.15) is 0 Å². The van der Waals surface area contributed by atoms with Crippen LogP contribution < -0.4 is 16.0 Å². The number of nitrogens with one attached hydrogen (secondary N) is 3. The quantitative estimate of drug-likeness (QED) is 0.659. The third-order valence-corrected chi connectivity index (χ3v) is 3.25. The summed E-state index contributed by atoms with van der Waals surface area (Å²) in [6.07, 6.45) is 3.70. The maximum Gasteiger partial charge on any atom is 0.321 e. The molecule has 1 rings (SSSR count). The average molecular weight is 227 g/mol. The van der Waals surface area contributed by atoms with Crippen LogP contribution in [0.4, 0.5) is 4.79 Å². The summed E-state index contributed by atoms with van der Waals surface area (Å²) < 4.78 is 0. The zero-order valence-electron chi connectivity index (χ0n) is 10.2. The van der Waals surface area contributed by atoms with Gasteiger partial charge in [-0.2, -0.15) is 0 Å². The SMILES string of the molecule is CNC(=O)NC(=O)C(C)NCC1(C)CCC1. The molecule has 0 radical (unpaired) electrons. The van der Waals surface area contributed by atoms with E-state index in [1.54, 1.807) is 6.92 Å². The van der Waals surface area contributed by atoms with E-state index >= 15 is 0 Å². The molecule has 1 aliphatic carbocycles. The van der Waals surface area contributed by atoms with Gasteiger partial charge >= 0.3 is 6.03 Å². The summed E-state index contributed by atoms with van der Waals surface area (Å²) in [4.78, 5) is 22.4. The second-order valence-corrected chi connectivity index (χ2v) is 4.84. The summed E-state index contributed by atoms with van der Waals surface area (Å²) in [5, 5.41) is 7.76. The maximum atomic E-state index is 11.5. The Morgan fingerprint density at radius 2 is 2.00 bits per heavy atom. The van der Waals surface area contributed by atoms with Gasteiger partial charge in [0.2, 0.25) is 5.91 Å². The molecule has 1 fully saturated rings. The van der Waals surface area contributed by atoms with Gasteiger partial charge < -0.3 is 10.6 Å². The first-order chi connectivity index (χ1) is 7.47. The Kier molecular flexibility index (Phi) is 4.29. The fourth-order valence-corrected chi connectivity index (χ4v) is 1.73. The van der Waals surface area contributed by atoms with Crippen LogP contribution in [0.1, 0.15) is 33.1 Å². The highest BCUT2D eigenvalue weighted by atomic mass is 16.2. The molecule has 1 atom stereocenters. The predicted molar refractivity (Wildman–Crippen MR) is 62.0 cm³/mol. The number of hydrogen-bond donors (Lipinski definition) is 3. The molecule has 0 aromatic rings. The van der Waals surface area contributed by atoms with E-state index in [4.69, 9.17) is 0 Å². The molecule has 0 aromatic heterocycles. The summed E-state index contributed by atoms with van der Waals surface area (Å²) >= 11 is 0. The Hall–Kier alpha value is -1.10. The largest absolute Gasteiger partial charge is 0.341 e. The lowest BCUT2D eigenvalue weighted by atomic mass is 9.70. The number of carbonyl (C=O) groups is 2. The molecule has 0 aromatic carbocycles. The lowest BCUT2D eigenvalue weighted by Crippen LogP contribution is -2.50. The third-order valence-electron chi connectivity index (χ3n) is 3.25. The van der Waals surface area contributed by atoms with Crippen molar-refractivity contribution in [3.8, 4) is 0 Å². The van der Waals surface area contributed by atoms with Crippen LogP contribution in [-0.4, -0.2) is 31.6 Å². The predicted octanol–water partition coefficient (Wildman–Crippen LogP) is 0.610. The number of hydrogen-bond acceptors (Lipinski definition) is 3. The van der Waals surface area contributed by atoms with E-state index in [2.05, 4.69) is 22.9 Å². The van der Waals surface area contributed by atoms with E-state index in [0.29, 0.717) is 5.41 Å². The number of carbonyl (C=O) groups excluding carboxylic acids is 2. The lowest BCUT2D eigenvalue weighted by Gasteiger charge is -2.39. The van der Waals surface area contributed by atoms with Crippen molar-refractivity contribution in [2.75, 3.05) is 13.6 Å². The first kappa shape index (κ1) is 13.0. The number of imide groups is 1. The van der Waals surface area contributed by atoms with Crippen molar-refractivity contribution < 1.29 is 9.59 Å². The first-order valence-electron chi connectivity index (χ1n) is 5.73. The van der Waals surface area contributed by atoms with Gasteiger partial charge in [0.25, 0.3) is 0 Å². The molecule has 5 nitrogen and oxygen atoms in total. The molecule has 5 heteroatoms. The Labute approximate surface area is 96.4 Å². The van der Waals surface area contributed by atoms with Gasteiger partial charge in [-0.3, -0.25) is 10.1 Å². The molecule has 0 saturated heterocycles. The monoisotopic (exact) mass is 227 g/mol. The molecule has 0 aliphatic heterocycles. The van der Waals surface area contributed by atoms with Crippen molar-refractivity contribution in [3.63, 3.8) is 0 Å². The third kappa shape index (κ3) is 3.48. The van der Waals surface area contributed by atoms with Crippen LogP contribution in [0.5, 0.6) is 0 Å². The number of urea groups is 1. The van der Waals surface area contributed by atoms with Gasteiger partial charge in [0.15, 0.2) is 0 Å². The topological polar surface area (TPSA) is 70.2 Å². The molecule has 1 saturated carbocycles. The van der Waals surface area contributed by atoms with Gasteiger partial charge in [0, 0.05) is 13.6 Å². The minimum absolute atomic E-state index is 0.290. The van der Waals surface area contributed by atoms with Crippen LogP contribution >= 0.6 is 0 Å². The highest BCUT2D eigenvalue weighted by Gasteiger charge is 2.32. The summed E-state index contributed by atoms with van der Waals surface area (Å²) in [5.41, 5.74) is 0.335. The Bertz CT molecular complexity index is 274. The van der Waals surface area contributed by atoms with Crippen LogP contribution in [0, 0.1) is 5.41 Å². The van der Waals surface area contributed by atoms with Crippen molar-refractivity contribution in [2.45, 2.75) is 39.2 Å². The normalized spacial score (nSPS) is 19.4. The molecule has 3 amide bonds. The van der Waals surface area contributed by atoms with Gasteiger partial charge in [-0.15, -0.1) is 0 Å². The smallest absolute Gasteiger partial charge is 0.321 e. The highest BCUT2D eigenvalue weighted by molar-refractivity contribution is 5.96. The molecular weight excluding hydrogens is 206 g/mol. The van der Waals surface area contributed by atoms with Gasteiger partial charge in [-0.25, -0.2) is 4.79 Å². The molecule has 0 heterocycles. The molecule has 0 bridgehead atoms. The van der Waals surface area contributed by atoms with E-state index < -0.39 is 6.03 Å². The second-order valence-electron chi connectivity index (χ2n) is 4.84. The summed E-state index contributed by atoms with van der Waals surface area (Å²) in [6.45, 7) is 4.81. The van der Waals surface area contributed by atoms with Crippen LogP contribution in [0.3, 0.4) is 0 Å². The molecule has 1 unspecified atom stereocenters. The minimum Gasteiger partial charge on any atom is -0.341 e. The van der Waals surface area contributed by atoms with E-state index in [-0.39, 0.29) is 11.9 Å². The highest BCUT2D eigenvalue weighted by Crippen LogP contribution is 2.39. The molecule has 3 N–H and O–H groups in total. The fourth-order valence-electron chi connectivity index (χ4n) is 1.73. The van der Waals surface area contributed by atoms with Crippen LogP contribution in [0.25, 0.3) is 0 Å². The lowest BCUT2D eigenvalue weighted by molar-refractivity contribution is -0.121. The zero-order chi connectivity index (χ0) is 12.2. The van der Waals surface area contributed by atoms with Crippen molar-refractivity contribution in [2.24, 2.45) is 5.41 Å². The van der Waals surface area contributed by atoms with E-state index in [1.165, 1.54) is 26.3 Å².